The molecule has 0 aliphatic carbocycles. The quantitative estimate of drug-likeness (QED) is 0.716. The van der Waals surface area contributed by atoms with Gasteiger partial charge < -0.3 is 20.7 Å². The maximum atomic E-state index is 13.3. The molecule has 0 amide bonds. The number of halogens is 1. The van der Waals surface area contributed by atoms with Crippen molar-refractivity contribution < 1.29 is 24.1 Å². The van der Waals surface area contributed by atoms with Gasteiger partial charge in [-0.05, 0) is 17.7 Å². The van der Waals surface area contributed by atoms with E-state index in [4.69, 9.17) is 10.8 Å². The first-order chi connectivity index (χ1) is 7.45. The molecule has 1 atom stereocenters. The normalized spacial score (nSPS) is 12.2. The molecule has 0 aliphatic heterocycles. The molecule has 0 aromatic heterocycles. The van der Waals surface area contributed by atoms with Crippen molar-refractivity contribution in [3.05, 3.63) is 23.5 Å². The summed E-state index contributed by atoms with van der Waals surface area (Å²) >= 11 is 0. The van der Waals surface area contributed by atoms with E-state index in [1.54, 1.807) is 0 Å². The van der Waals surface area contributed by atoms with Crippen molar-refractivity contribution >= 4 is 5.97 Å². The number of rotatable bonds is 4. The van der Waals surface area contributed by atoms with Gasteiger partial charge in [0.15, 0.2) is 17.3 Å². The molecule has 0 fully saturated rings. The van der Waals surface area contributed by atoms with Crippen LogP contribution in [0.4, 0.5) is 4.39 Å². The molecule has 4 N–H and O–H groups in total. The summed E-state index contributed by atoms with van der Waals surface area (Å²) < 4.78 is 17.9. The summed E-state index contributed by atoms with van der Waals surface area (Å²) in [6, 6.07) is 1.37. The third-order valence-corrected chi connectivity index (χ3v) is 2.07. The van der Waals surface area contributed by atoms with Gasteiger partial charge in [0.25, 0.3) is 0 Å². The summed E-state index contributed by atoms with van der Waals surface area (Å²) in [4.78, 5) is 10.4. The van der Waals surface area contributed by atoms with Crippen molar-refractivity contribution in [2.45, 2.75) is 12.5 Å². The SMILES string of the molecule is COc1c(O)cc(C(N)CC(=O)O)cc1F. The minimum absolute atomic E-state index is 0.207. The second-order valence-electron chi connectivity index (χ2n) is 3.26. The molecule has 1 aromatic rings. The third-order valence-electron chi connectivity index (χ3n) is 2.07. The monoisotopic (exact) mass is 229 g/mol. The Balaban J connectivity index is 3.03. The lowest BCUT2D eigenvalue weighted by Crippen LogP contribution is -2.15. The van der Waals surface area contributed by atoms with Crippen LogP contribution in [0, 0.1) is 5.82 Å². The Kier molecular flexibility index (Phi) is 3.68. The van der Waals surface area contributed by atoms with Crippen molar-refractivity contribution in [2.24, 2.45) is 5.73 Å². The molecule has 0 bridgehead atoms. The lowest BCUT2D eigenvalue weighted by molar-refractivity contribution is -0.137. The van der Waals surface area contributed by atoms with Crippen molar-refractivity contribution in [1.29, 1.82) is 0 Å². The topological polar surface area (TPSA) is 92.8 Å². The van der Waals surface area contributed by atoms with Crippen molar-refractivity contribution in [2.75, 3.05) is 7.11 Å². The van der Waals surface area contributed by atoms with E-state index in [-0.39, 0.29) is 17.7 Å². The summed E-state index contributed by atoms with van der Waals surface area (Å²) in [7, 11) is 1.22. The number of hydrogen-bond acceptors (Lipinski definition) is 4. The van der Waals surface area contributed by atoms with Crippen molar-refractivity contribution in [3.8, 4) is 11.5 Å². The Labute approximate surface area is 91.3 Å². The number of benzene rings is 1. The summed E-state index contributed by atoms with van der Waals surface area (Å²) in [6.07, 6.45) is -0.342. The number of nitrogens with two attached hydrogens (primary N) is 1. The fourth-order valence-electron chi connectivity index (χ4n) is 1.32. The van der Waals surface area contributed by atoms with Crippen LogP contribution in [-0.4, -0.2) is 23.3 Å². The van der Waals surface area contributed by atoms with Gasteiger partial charge in [-0.25, -0.2) is 4.39 Å². The van der Waals surface area contributed by atoms with Crippen LogP contribution in [0.5, 0.6) is 11.5 Å². The van der Waals surface area contributed by atoms with Gasteiger partial charge >= 0.3 is 5.97 Å². The maximum absolute atomic E-state index is 13.3. The first-order valence-corrected chi connectivity index (χ1v) is 4.49. The Morgan fingerprint density at radius 2 is 2.25 bits per heavy atom. The average molecular weight is 229 g/mol. The fraction of sp³-hybridized carbons (Fsp3) is 0.300. The summed E-state index contributed by atoms with van der Waals surface area (Å²) in [5, 5.41) is 17.9. The number of ether oxygens (including phenoxy) is 1. The molecule has 0 spiro atoms. The fourth-order valence-corrected chi connectivity index (χ4v) is 1.32. The number of phenolic OH excluding ortho intramolecular Hbond substituents is 1. The molecule has 16 heavy (non-hydrogen) atoms. The van der Waals surface area contributed by atoms with Gasteiger partial charge in [-0.15, -0.1) is 0 Å². The van der Waals surface area contributed by atoms with Gasteiger partial charge in [0.1, 0.15) is 0 Å². The standard InChI is InChI=1S/C10H12FNO4/c1-16-10-6(11)2-5(3-8(10)13)7(12)4-9(14)15/h2-3,7,13H,4,12H2,1H3,(H,14,15). The summed E-state index contributed by atoms with van der Waals surface area (Å²) in [6.45, 7) is 0. The number of carboxylic acids is 1. The molecule has 1 aromatic carbocycles. The average Bonchev–Trinajstić information content (AvgIpc) is 2.16. The largest absolute Gasteiger partial charge is 0.504 e. The molecule has 0 aliphatic rings. The summed E-state index contributed by atoms with van der Waals surface area (Å²) in [5.41, 5.74) is 5.73. The second kappa shape index (κ2) is 4.80. The highest BCUT2D eigenvalue weighted by Crippen LogP contribution is 2.32. The first-order valence-electron chi connectivity index (χ1n) is 4.49. The van der Waals surface area contributed by atoms with Crippen molar-refractivity contribution in [3.63, 3.8) is 0 Å². The number of aromatic hydroxyl groups is 1. The lowest BCUT2D eigenvalue weighted by Gasteiger charge is -2.12. The highest BCUT2D eigenvalue weighted by molar-refractivity contribution is 5.68. The Morgan fingerprint density at radius 3 is 2.69 bits per heavy atom. The zero-order chi connectivity index (χ0) is 12.3. The van der Waals surface area contributed by atoms with Gasteiger partial charge in [0, 0.05) is 6.04 Å². The predicted molar refractivity (Wildman–Crippen MR) is 53.8 cm³/mol. The minimum Gasteiger partial charge on any atom is -0.504 e. The highest BCUT2D eigenvalue weighted by Gasteiger charge is 2.16. The lowest BCUT2D eigenvalue weighted by atomic mass is 10.0. The van der Waals surface area contributed by atoms with E-state index in [1.165, 1.54) is 13.2 Å². The molecule has 0 saturated heterocycles. The van der Waals surface area contributed by atoms with E-state index in [9.17, 15) is 14.3 Å². The molecule has 0 saturated carbocycles. The highest BCUT2D eigenvalue weighted by atomic mass is 19.1. The van der Waals surface area contributed by atoms with Crippen LogP contribution in [0.2, 0.25) is 0 Å². The van der Waals surface area contributed by atoms with Crippen LogP contribution in [0.25, 0.3) is 0 Å². The van der Waals surface area contributed by atoms with E-state index >= 15 is 0 Å². The third kappa shape index (κ3) is 2.60. The number of aliphatic carboxylic acids is 1. The Morgan fingerprint density at radius 1 is 1.62 bits per heavy atom. The molecule has 6 heteroatoms. The zero-order valence-corrected chi connectivity index (χ0v) is 8.61. The van der Waals surface area contributed by atoms with Gasteiger partial charge in [0.05, 0.1) is 13.5 Å². The molecule has 0 radical (unpaired) electrons. The van der Waals surface area contributed by atoms with Crippen molar-refractivity contribution in [1.82, 2.24) is 0 Å². The molecule has 0 heterocycles. The van der Waals surface area contributed by atoms with E-state index in [2.05, 4.69) is 4.74 Å². The number of carbonyl (C=O) groups is 1. The van der Waals surface area contributed by atoms with Crippen LogP contribution in [0.15, 0.2) is 12.1 Å². The van der Waals surface area contributed by atoms with Crippen LogP contribution in [-0.2, 0) is 4.79 Å². The predicted octanol–water partition coefficient (Wildman–Crippen LogP) is 1.01. The zero-order valence-electron chi connectivity index (χ0n) is 8.61. The van der Waals surface area contributed by atoms with Gasteiger partial charge in [-0.1, -0.05) is 0 Å². The second-order valence-corrected chi connectivity index (χ2v) is 3.26. The number of hydrogen-bond donors (Lipinski definition) is 3. The van der Waals surface area contributed by atoms with Crippen LogP contribution in [0.1, 0.15) is 18.0 Å². The minimum atomic E-state index is -1.09. The first kappa shape index (κ1) is 12.3. The maximum Gasteiger partial charge on any atom is 0.305 e. The molecular formula is C10H12FNO4. The van der Waals surface area contributed by atoms with Gasteiger partial charge in [0.2, 0.25) is 0 Å². The van der Waals surface area contributed by atoms with E-state index in [1.807, 2.05) is 0 Å². The van der Waals surface area contributed by atoms with E-state index in [0.29, 0.717) is 0 Å². The van der Waals surface area contributed by atoms with Gasteiger partial charge in [-0.2, -0.15) is 0 Å². The van der Waals surface area contributed by atoms with Crippen LogP contribution < -0.4 is 10.5 Å². The number of carboxylic acid groups (broad SMARTS) is 1. The Bertz CT molecular complexity index is 385. The number of phenols is 1. The molecule has 1 unspecified atom stereocenters. The number of methoxy groups -OCH3 is 1. The van der Waals surface area contributed by atoms with Crippen LogP contribution in [0.3, 0.4) is 0 Å². The molecule has 88 valence electrons. The smallest absolute Gasteiger partial charge is 0.305 e. The molecular weight excluding hydrogens is 217 g/mol. The molecule has 1 rings (SSSR count). The van der Waals surface area contributed by atoms with Crippen LogP contribution >= 0.6 is 0 Å². The Hall–Kier alpha value is -1.82. The molecule has 5 nitrogen and oxygen atoms in total. The van der Waals surface area contributed by atoms with E-state index in [0.717, 1.165) is 6.07 Å². The van der Waals surface area contributed by atoms with Gasteiger partial charge in [-0.3, -0.25) is 4.79 Å². The van der Waals surface area contributed by atoms with E-state index < -0.39 is 23.6 Å². The summed E-state index contributed by atoms with van der Waals surface area (Å²) in [5.74, 6) is -2.56.